The van der Waals surface area contributed by atoms with Gasteiger partial charge < -0.3 is 9.84 Å². The van der Waals surface area contributed by atoms with Crippen molar-refractivity contribution in [3.63, 3.8) is 0 Å². The topological polar surface area (TPSA) is 59.4 Å². The predicted octanol–water partition coefficient (Wildman–Crippen LogP) is 5.30. The van der Waals surface area contributed by atoms with Gasteiger partial charge in [-0.15, -0.1) is 0 Å². The maximum absolute atomic E-state index is 11.6. The molecule has 1 atom stereocenters. The van der Waals surface area contributed by atoms with E-state index in [-0.39, 0.29) is 11.6 Å². The highest BCUT2D eigenvalue weighted by atomic mass is 16.5. The zero-order valence-electron chi connectivity index (χ0n) is 16.1. The van der Waals surface area contributed by atoms with Gasteiger partial charge in [-0.05, 0) is 24.1 Å². The molecular formula is C24H23NO3. The Morgan fingerprint density at radius 2 is 1.96 bits per heavy atom. The number of hydrogen-bond acceptors (Lipinski definition) is 3. The molecule has 4 heteroatoms. The second-order valence-electron chi connectivity index (χ2n) is 6.75. The Kier molecular flexibility index (Phi) is 6.29. The molecule has 0 aliphatic carbocycles. The summed E-state index contributed by atoms with van der Waals surface area (Å²) in [6, 6.07) is 16.9. The van der Waals surface area contributed by atoms with E-state index in [1.165, 1.54) is 6.07 Å². The summed E-state index contributed by atoms with van der Waals surface area (Å²) in [5.74, 6) is 6.10. The lowest BCUT2D eigenvalue weighted by molar-refractivity contribution is 0.0691. The number of carboxylic acids is 1. The fraction of sp³-hybridized carbons (Fsp3) is 0.250. The fourth-order valence-corrected chi connectivity index (χ4v) is 2.99. The molecule has 0 fully saturated rings. The van der Waals surface area contributed by atoms with Gasteiger partial charge in [-0.1, -0.05) is 74.6 Å². The smallest absolute Gasteiger partial charge is 0.354 e. The van der Waals surface area contributed by atoms with Crippen LogP contribution in [0, 0.1) is 17.8 Å². The number of aromatic carboxylic acids is 1. The Balaban J connectivity index is 2.02. The number of carboxylic acid groups (broad SMARTS) is 1. The van der Waals surface area contributed by atoms with Crippen molar-refractivity contribution in [1.29, 1.82) is 0 Å². The summed E-state index contributed by atoms with van der Waals surface area (Å²) in [6.07, 6.45) is 2.07. The Hall–Kier alpha value is -3.32. The third-order valence-electron chi connectivity index (χ3n) is 4.43. The largest absolute Gasteiger partial charge is 0.487 e. The molecule has 0 spiro atoms. The molecule has 2 aromatic carbocycles. The summed E-state index contributed by atoms with van der Waals surface area (Å²) in [6.45, 7) is 4.58. The predicted molar refractivity (Wildman–Crippen MR) is 110 cm³/mol. The first-order valence-electron chi connectivity index (χ1n) is 9.43. The average Bonchev–Trinajstić information content (AvgIpc) is 2.71. The van der Waals surface area contributed by atoms with E-state index in [1.807, 2.05) is 42.5 Å². The van der Waals surface area contributed by atoms with Crippen LogP contribution >= 0.6 is 0 Å². The van der Waals surface area contributed by atoms with Gasteiger partial charge in [-0.3, -0.25) is 0 Å². The molecule has 28 heavy (non-hydrogen) atoms. The third kappa shape index (κ3) is 4.69. The van der Waals surface area contributed by atoms with Crippen molar-refractivity contribution in [3.8, 4) is 17.6 Å². The van der Waals surface area contributed by atoms with E-state index < -0.39 is 5.97 Å². The number of aromatic nitrogens is 1. The summed E-state index contributed by atoms with van der Waals surface area (Å²) in [5.41, 5.74) is 2.18. The number of carbonyl (C=O) groups is 1. The van der Waals surface area contributed by atoms with Crippen LogP contribution in [0.3, 0.4) is 0 Å². The molecule has 1 unspecified atom stereocenters. The van der Waals surface area contributed by atoms with Crippen LogP contribution in [-0.2, 0) is 6.61 Å². The van der Waals surface area contributed by atoms with E-state index in [4.69, 9.17) is 4.74 Å². The van der Waals surface area contributed by atoms with Crippen LogP contribution in [-0.4, -0.2) is 16.1 Å². The Labute approximate surface area is 165 Å². The highest BCUT2D eigenvalue weighted by Crippen LogP contribution is 2.28. The molecule has 0 radical (unpaired) electrons. The maximum Gasteiger partial charge on any atom is 0.354 e. The van der Waals surface area contributed by atoms with Crippen molar-refractivity contribution in [3.05, 3.63) is 71.4 Å². The van der Waals surface area contributed by atoms with E-state index in [2.05, 4.69) is 30.7 Å². The molecular weight excluding hydrogens is 350 g/mol. The van der Waals surface area contributed by atoms with Crippen molar-refractivity contribution in [2.75, 3.05) is 0 Å². The molecule has 0 saturated heterocycles. The quantitative estimate of drug-likeness (QED) is 0.596. The molecule has 3 rings (SSSR count). The molecule has 1 N–H and O–H groups in total. The molecule has 0 aliphatic heterocycles. The number of ether oxygens (including phenoxy) is 1. The van der Waals surface area contributed by atoms with Gasteiger partial charge in [-0.25, -0.2) is 9.78 Å². The highest BCUT2D eigenvalue weighted by Gasteiger charge is 2.13. The van der Waals surface area contributed by atoms with Crippen molar-refractivity contribution < 1.29 is 14.6 Å². The molecule has 3 aromatic rings. The second-order valence-corrected chi connectivity index (χ2v) is 6.75. The summed E-state index contributed by atoms with van der Waals surface area (Å²) >= 11 is 0. The minimum atomic E-state index is -1.08. The van der Waals surface area contributed by atoms with Gasteiger partial charge in [0, 0.05) is 16.9 Å². The fourth-order valence-electron chi connectivity index (χ4n) is 2.99. The summed E-state index contributed by atoms with van der Waals surface area (Å²) in [7, 11) is 0. The van der Waals surface area contributed by atoms with Crippen LogP contribution in [0.5, 0.6) is 5.75 Å². The van der Waals surface area contributed by atoms with Gasteiger partial charge >= 0.3 is 5.97 Å². The van der Waals surface area contributed by atoms with Gasteiger partial charge in [0.05, 0.1) is 0 Å². The minimum Gasteiger partial charge on any atom is -0.487 e. The Morgan fingerprint density at radius 3 is 2.68 bits per heavy atom. The van der Waals surface area contributed by atoms with Gasteiger partial charge in [0.15, 0.2) is 0 Å². The zero-order chi connectivity index (χ0) is 19.9. The average molecular weight is 373 g/mol. The van der Waals surface area contributed by atoms with Crippen LogP contribution in [0.1, 0.15) is 48.3 Å². The zero-order valence-corrected chi connectivity index (χ0v) is 16.1. The molecule has 0 saturated carbocycles. The summed E-state index contributed by atoms with van der Waals surface area (Å²) < 4.78 is 5.96. The van der Waals surface area contributed by atoms with Gasteiger partial charge in [0.25, 0.3) is 0 Å². The molecule has 4 nitrogen and oxygen atoms in total. The number of nitrogens with zero attached hydrogens (tertiary/aromatic N) is 1. The SMILES string of the molecule is CCCC(C)C#Cc1cc(C(=O)O)nc2c(OCc3ccccc3)cccc12. The van der Waals surface area contributed by atoms with Crippen LogP contribution in [0.25, 0.3) is 10.9 Å². The van der Waals surface area contributed by atoms with E-state index in [9.17, 15) is 9.90 Å². The first-order valence-corrected chi connectivity index (χ1v) is 9.43. The van der Waals surface area contributed by atoms with Crippen LogP contribution in [0.4, 0.5) is 0 Å². The maximum atomic E-state index is 11.6. The van der Waals surface area contributed by atoms with Gasteiger partial charge in [0.2, 0.25) is 0 Å². The molecule has 1 heterocycles. The van der Waals surface area contributed by atoms with E-state index in [1.54, 1.807) is 6.07 Å². The lowest BCUT2D eigenvalue weighted by atomic mass is 10.0. The lowest BCUT2D eigenvalue weighted by Crippen LogP contribution is -2.03. The summed E-state index contributed by atoms with van der Waals surface area (Å²) in [4.78, 5) is 15.9. The lowest BCUT2D eigenvalue weighted by Gasteiger charge is -2.11. The third-order valence-corrected chi connectivity index (χ3v) is 4.43. The molecule has 142 valence electrons. The highest BCUT2D eigenvalue weighted by molar-refractivity contribution is 5.95. The monoisotopic (exact) mass is 373 g/mol. The normalized spacial score (nSPS) is 11.5. The number of hydrogen-bond donors (Lipinski definition) is 1. The second kappa shape index (κ2) is 9.05. The van der Waals surface area contributed by atoms with E-state index >= 15 is 0 Å². The number of rotatable bonds is 6. The summed E-state index contributed by atoms with van der Waals surface area (Å²) in [5, 5.41) is 10.3. The minimum absolute atomic E-state index is 0.0318. The van der Waals surface area contributed by atoms with Crippen molar-refractivity contribution in [2.45, 2.75) is 33.3 Å². The van der Waals surface area contributed by atoms with E-state index in [0.717, 1.165) is 23.8 Å². The number of pyridine rings is 1. The first-order chi connectivity index (χ1) is 13.6. The first kappa shape index (κ1) is 19.4. The van der Waals surface area contributed by atoms with Gasteiger partial charge in [0.1, 0.15) is 23.6 Å². The Bertz CT molecular complexity index is 1030. The van der Waals surface area contributed by atoms with Crippen molar-refractivity contribution in [2.24, 2.45) is 5.92 Å². The molecule has 1 aromatic heterocycles. The van der Waals surface area contributed by atoms with Gasteiger partial charge in [-0.2, -0.15) is 0 Å². The van der Waals surface area contributed by atoms with Crippen molar-refractivity contribution in [1.82, 2.24) is 4.98 Å². The molecule has 0 bridgehead atoms. The molecule has 0 amide bonds. The van der Waals surface area contributed by atoms with Crippen LogP contribution in [0.2, 0.25) is 0 Å². The van der Waals surface area contributed by atoms with E-state index in [0.29, 0.717) is 23.4 Å². The van der Waals surface area contributed by atoms with Crippen molar-refractivity contribution >= 4 is 16.9 Å². The number of fused-ring (bicyclic) bond motifs is 1. The standard InChI is InChI=1S/C24H23NO3/c1-3-8-17(2)13-14-19-15-21(24(26)27)25-23-20(19)11-7-12-22(23)28-16-18-9-5-4-6-10-18/h4-7,9-12,15,17H,3,8,16H2,1-2H3,(H,26,27). The number of para-hydroxylation sites is 1. The van der Waals surface area contributed by atoms with Crippen LogP contribution < -0.4 is 4.74 Å². The Morgan fingerprint density at radius 1 is 1.18 bits per heavy atom. The van der Waals surface area contributed by atoms with Crippen LogP contribution in [0.15, 0.2) is 54.6 Å². The number of benzene rings is 2. The molecule has 0 aliphatic rings.